The van der Waals surface area contributed by atoms with E-state index in [-0.39, 0.29) is 5.43 Å². The van der Waals surface area contributed by atoms with Gasteiger partial charge in [0.05, 0.1) is 23.6 Å². The van der Waals surface area contributed by atoms with Crippen molar-refractivity contribution in [3.63, 3.8) is 0 Å². The third-order valence-electron chi connectivity index (χ3n) is 5.42. The lowest BCUT2D eigenvalue weighted by atomic mass is 10.00. The molecule has 2 aromatic heterocycles. The summed E-state index contributed by atoms with van der Waals surface area (Å²) >= 11 is 1.73. The Balaban J connectivity index is 1.62. The highest BCUT2D eigenvalue weighted by Crippen LogP contribution is 2.36. The molecule has 5 nitrogen and oxygen atoms in total. The van der Waals surface area contributed by atoms with Crippen molar-refractivity contribution < 1.29 is 13.9 Å². The zero-order valence-electron chi connectivity index (χ0n) is 16.8. The molecule has 6 heteroatoms. The summed E-state index contributed by atoms with van der Waals surface area (Å²) in [6.45, 7) is 3.81. The number of ether oxygens (including phenoxy) is 2. The van der Waals surface area contributed by atoms with Gasteiger partial charge < -0.3 is 13.9 Å². The van der Waals surface area contributed by atoms with E-state index in [1.807, 2.05) is 37.3 Å². The van der Waals surface area contributed by atoms with E-state index in [1.54, 1.807) is 24.5 Å². The minimum Gasteiger partial charge on any atom is -0.496 e. The second-order valence-electron chi connectivity index (χ2n) is 7.32. The molecule has 0 saturated heterocycles. The van der Waals surface area contributed by atoms with Gasteiger partial charge in [-0.3, -0.25) is 9.69 Å². The Kier molecular flexibility index (Phi) is 4.81. The van der Waals surface area contributed by atoms with Crippen LogP contribution in [0.25, 0.3) is 22.1 Å². The van der Waals surface area contributed by atoms with Gasteiger partial charge in [0.15, 0.2) is 0 Å². The van der Waals surface area contributed by atoms with Gasteiger partial charge >= 0.3 is 0 Å². The van der Waals surface area contributed by atoms with Crippen LogP contribution in [0.5, 0.6) is 11.5 Å². The predicted molar refractivity (Wildman–Crippen MR) is 118 cm³/mol. The summed E-state index contributed by atoms with van der Waals surface area (Å²) in [6.07, 6.45) is 0. The third-order valence-corrected chi connectivity index (χ3v) is 6.28. The Hall–Kier alpha value is -3.09. The number of hydrogen-bond donors (Lipinski definition) is 0. The van der Waals surface area contributed by atoms with E-state index in [0.717, 1.165) is 23.4 Å². The lowest BCUT2D eigenvalue weighted by molar-refractivity contribution is 0.0899. The van der Waals surface area contributed by atoms with Crippen molar-refractivity contribution in [1.29, 1.82) is 0 Å². The average molecular weight is 420 g/mol. The number of benzene rings is 2. The first-order valence-electron chi connectivity index (χ1n) is 9.76. The summed E-state index contributed by atoms with van der Waals surface area (Å²) < 4.78 is 17.7. The molecule has 1 aliphatic rings. The number of nitrogens with zero attached hydrogens (tertiary/aromatic N) is 1. The van der Waals surface area contributed by atoms with E-state index in [9.17, 15) is 4.79 Å². The molecule has 0 amide bonds. The number of hydrogen-bond acceptors (Lipinski definition) is 6. The van der Waals surface area contributed by atoms with E-state index in [0.29, 0.717) is 41.3 Å². The summed E-state index contributed by atoms with van der Waals surface area (Å²) in [6, 6.07) is 15.4. The van der Waals surface area contributed by atoms with Crippen LogP contribution in [0, 0.1) is 6.92 Å². The fourth-order valence-corrected chi connectivity index (χ4v) is 4.75. The molecule has 152 valence electrons. The molecule has 5 rings (SSSR count). The van der Waals surface area contributed by atoms with Crippen LogP contribution in [0.2, 0.25) is 0 Å². The van der Waals surface area contributed by atoms with Gasteiger partial charge in [-0.15, -0.1) is 11.3 Å². The fraction of sp³-hybridized carbons (Fsp3) is 0.208. The van der Waals surface area contributed by atoms with Gasteiger partial charge in [-0.1, -0.05) is 24.3 Å². The summed E-state index contributed by atoms with van der Waals surface area (Å²) in [5, 5.41) is 2.63. The van der Waals surface area contributed by atoms with E-state index in [2.05, 4.69) is 22.4 Å². The Labute approximate surface area is 178 Å². The zero-order valence-corrected chi connectivity index (χ0v) is 17.6. The first-order chi connectivity index (χ1) is 14.7. The molecular weight excluding hydrogens is 398 g/mol. The van der Waals surface area contributed by atoms with Gasteiger partial charge in [0, 0.05) is 23.5 Å². The smallest absolute Gasteiger partial charge is 0.200 e. The molecule has 0 unspecified atom stereocenters. The lowest BCUT2D eigenvalue weighted by Crippen LogP contribution is -2.31. The van der Waals surface area contributed by atoms with Gasteiger partial charge in [0.1, 0.15) is 29.6 Å². The van der Waals surface area contributed by atoms with Crippen molar-refractivity contribution in [2.45, 2.75) is 20.0 Å². The number of para-hydroxylation sites is 1. The molecule has 0 spiro atoms. The largest absolute Gasteiger partial charge is 0.496 e. The van der Waals surface area contributed by atoms with E-state index in [4.69, 9.17) is 13.9 Å². The lowest BCUT2D eigenvalue weighted by Gasteiger charge is -2.29. The van der Waals surface area contributed by atoms with Crippen molar-refractivity contribution >= 4 is 22.3 Å². The maximum atomic E-state index is 13.5. The molecule has 0 aliphatic carbocycles. The molecule has 2 aromatic carbocycles. The van der Waals surface area contributed by atoms with Gasteiger partial charge in [-0.2, -0.15) is 0 Å². The van der Waals surface area contributed by atoms with Crippen molar-refractivity contribution in [1.82, 2.24) is 4.90 Å². The molecule has 0 atom stereocenters. The molecular formula is C24H21NO4S. The molecule has 0 fully saturated rings. The highest BCUT2D eigenvalue weighted by atomic mass is 32.1. The van der Waals surface area contributed by atoms with Crippen LogP contribution in [-0.4, -0.2) is 18.7 Å². The maximum Gasteiger partial charge on any atom is 0.200 e. The van der Waals surface area contributed by atoms with Crippen LogP contribution < -0.4 is 14.9 Å². The molecule has 0 radical (unpaired) electrons. The summed E-state index contributed by atoms with van der Waals surface area (Å²) in [7, 11) is 1.60. The molecule has 3 heterocycles. The van der Waals surface area contributed by atoms with Crippen LogP contribution in [0.4, 0.5) is 0 Å². The van der Waals surface area contributed by atoms with E-state index >= 15 is 0 Å². The molecule has 0 N–H and O–H groups in total. The quantitative estimate of drug-likeness (QED) is 0.456. The number of aryl methyl sites for hydroxylation is 1. The summed E-state index contributed by atoms with van der Waals surface area (Å²) in [5.41, 5.74) is 2.73. The van der Waals surface area contributed by atoms with Crippen LogP contribution in [0.1, 0.15) is 16.2 Å². The summed E-state index contributed by atoms with van der Waals surface area (Å²) in [5.74, 6) is 1.99. The van der Waals surface area contributed by atoms with Crippen LogP contribution >= 0.6 is 11.3 Å². The fourth-order valence-electron chi connectivity index (χ4n) is 4.01. The highest BCUT2D eigenvalue weighted by molar-refractivity contribution is 7.09. The standard InChI is InChI=1S/C24H21NO4S/c1-15-22(17-7-3-4-8-20(17)27-2)23(26)18-9-10-21-19(24(18)29-15)13-25(14-28-21)12-16-6-5-11-30-16/h3-11H,12-14H2,1-2H3. The number of methoxy groups -OCH3 is 1. The second-order valence-corrected chi connectivity index (χ2v) is 8.35. The van der Waals surface area contributed by atoms with Crippen LogP contribution in [0.3, 0.4) is 0 Å². The average Bonchev–Trinajstić information content (AvgIpc) is 3.27. The van der Waals surface area contributed by atoms with E-state index < -0.39 is 0 Å². The first-order valence-corrected chi connectivity index (χ1v) is 10.6. The minimum absolute atomic E-state index is 0.0589. The number of thiophene rings is 1. The van der Waals surface area contributed by atoms with Gasteiger partial charge in [0.2, 0.25) is 5.43 Å². The van der Waals surface area contributed by atoms with Crippen LogP contribution in [0.15, 0.2) is 63.1 Å². The summed E-state index contributed by atoms with van der Waals surface area (Å²) in [4.78, 5) is 17.0. The van der Waals surface area contributed by atoms with Crippen molar-refractivity contribution in [2.75, 3.05) is 13.8 Å². The monoisotopic (exact) mass is 419 g/mol. The Morgan fingerprint density at radius 1 is 1.13 bits per heavy atom. The number of rotatable bonds is 4. The van der Waals surface area contributed by atoms with Gasteiger partial charge in [-0.05, 0) is 36.6 Å². The zero-order chi connectivity index (χ0) is 20.7. The third kappa shape index (κ3) is 3.18. The van der Waals surface area contributed by atoms with Crippen molar-refractivity contribution in [2.24, 2.45) is 0 Å². The Morgan fingerprint density at radius 2 is 2.00 bits per heavy atom. The topological polar surface area (TPSA) is 51.9 Å². The molecule has 1 aliphatic heterocycles. The van der Waals surface area contributed by atoms with Crippen molar-refractivity contribution in [3.8, 4) is 22.6 Å². The van der Waals surface area contributed by atoms with Crippen LogP contribution in [-0.2, 0) is 13.1 Å². The Bertz CT molecular complexity index is 1280. The van der Waals surface area contributed by atoms with E-state index in [1.165, 1.54) is 4.88 Å². The number of fused-ring (bicyclic) bond motifs is 3. The van der Waals surface area contributed by atoms with Gasteiger partial charge in [0.25, 0.3) is 0 Å². The second kappa shape index (κ2) is 7.63. The predicted octanol–water partition coefficient (Wildman–Crippen LogP) is 5.19. The molecule has 30 heavy (non-hydrogen) atoms. The molecule has 0 bridgehead atoms. The normalized spacial score (nSPS) is 13.8. The minimum atomic E-state index is -0.0589. The van der Waals surface area contributed by atoms with Gasteiger partial charge in [-0.25, -0.2) is 0 Å². The maximum absolute atomic E-state index is 13.5. The molecule has 0 saturated carbocycles. The Morgan fingerprint density at radius 3 is 2.80 bits per heavy atom. The molecule has 4 aromatic rings. The first kappa shape index (κ1) is 18.9. The SMILES string of the molecule is COc1ccccc1-c1c(C)oc2c3c(ccc2c1=O)OCN(Cc1cccs1)C3. The highest BCUT2D eigenvalue weighted by Gasteiger charge is 2.24. The van der Waals surface area contributed by atoms with Crippen molar-refractivity contribution in [3.05, 3.63) is 80.3 Å².